The van der Waals surface area contributed by atoms with E-state index in [4.69, 9.17) is 9.84 Å². The molecule has 0 saturated heterocycles. The van der Waals surface area contributed by atoms with E-state index >= 15 is 0 Å². The Morgan fingerprint density at radius 1 is 1.19 bits per heavy atom. The van der Waals surface area contributed by atoms with Crippen LogP contribution in [-0.4, -0.2) is 59.5 Å². The third-order valence-corrected chi connectivity index (χ3v) is 4.79. The van der Waals surface area contributed by atoms with E-state index in [-0.39, 0.29) is 13.0 Å². The quantitative estimate of drug-likeness (QED) is 0.427. The predicted octanol–water partition coefficient (Wildman–Crippen LogP) is 3.71. The molecule has 0 bridgehead atoms. The van der Waals surface area contributed by atoms with Crippen molar-refractivity contribution in [3.63, 3.8) is 0 Å². The number of benzene rings is 1. The van der Waals surface area contributed by atoms with Gasteiger partial charge in [-0.15, -0.1) is 0 Å². The Kier molecular flexibility index (Phi) is 10.4. The van der Waals surface area contributed by atoms with Crippen molar-refractivity contribution in [2.75, 3.05) is 31.6 Å². The topological polar surface area (TPSA) is 91.8 Å². The fourth-order valence-electron chi connectivity index (χ4n) is 3.21. The van der Waals surface area contributed by atoms with Crippen molar-refractivity contribution in [2.45, 2.75) is 32.6 Å². The predicted molar refractivity (Wildman–Crippen MR) is 117 cm³/mol. The van der Waals surface area contributed by atoms with Gasteiger partial charge in [-0.1, -0.05) is 18.2 Å². The number of carbonyl (C=O) groups excluding carboxylic acids is 1. The first-order chi connectivity index (χ1) is 15.4. The van der Waals surface area contributed by atoms with Gasteiger partial charge in [0.25, 0.3) is 6.43 Å². The Morgan fingerprint density at radius 3 is 2.53 bits per heavy atom. The molecule has 0 aliphatic heterocycles. The summed E-state index contributed by atoms with van der Waals surface area (Å²) in [6.07, 6.45) is -0.447. The van der Waals surface area contributed by atoms with Gasteiger partial charge in [0.2, 0.25) is 5.91 Å². The highest BCUT2D eigenvalue weighted by Gasteiger charge is 2.27. The Labute approximate surface area is 186 Å². The Hall–Kier alpha value is -3.23. The molecule has 1 aromatic heterocycles. The number of nitrogens with one attached hydrogen (secondary N) is 1. The molecule has 9 heteroatoms. The second-order valence-corrected chi connectivity index (χ2v) is 7.25. The number of rotatable bonds is 14. The van der Waals surface area contributed by atoms with Gasteiger partial charge < -0.3 is 20.1 Å². The van der Waals surface area contributed by atoms with Crippen LogP contribution in [-0.2, 0) is 16.0 Å². The largest absolute Gasteiger partial charge is 0.494 e. The zero-order valence-electron chi connectivity index (χ0n) is 18.0. The number of anilines is 1. The molecule has 0 saturated carbocycles. The summed E-state index contributed by atoms with van der Waals surface area (Å²) in [4.78, 5) is 29.0. The molecule has 32 heavy (non-hydrogen) atoms. The van der Waals surface area contributed by atoms with Crippen molar-refractivity contribution in [3.05, 3.63) is 54.2 Å². The van der Waals surface area contributed by atoms with Crippen LogP contribution in [0.15, 0.2) is 48.7 Å². The van der Waals surface area contributed by atoms with Crippen molar-refractivity contribution < 1.29 is 28.2 Å². The highest BCUT2D eigenvalue weighted by atomic mass is 19.3. The molecule has 1 aromatic carbocycles. The maximum absolute atomic E-state index is 12.7. The summed E-state index contributed by atoms with van der Waals surface area (Å²) < 4.78 is 31.2. The van der Waals surface area contributed by atoms with Crippen molar-refractivity contribution in [1.82, 2.24) is 9.88 Å². The first kappa shape index (κ1) is 25.0. The van der Waals surface area contributed by atoms with Crippen LogP contribution in [0.4, 0.5) is 14.6 Å². The monoisotopic (exact) mass is 449 g/mol. The molecular weight excluding hydrogens is 420 g/mol. The maximum Gasteiger partial charge on any atom is 0.304 e. The number of carbonyl (C=O) groups is 2. The minimum atomic E-state index is -2.67. The third-order valence-electron chi connectivity index (χ3n) is 4.79. The second kappa shape index (κ2) is 13.2. The maximum atomic E-state index is 12.7. The summed E-state index contributed by atoms with van der Waals surface area (Å²) in [5.41, 5.74) is 0.738. The fraction of sp³-hybridized carbons (Fsp3) is 0.435. The highest BCUT2D eigenvalue weighted by molar-refractivity contribution is 5.83. The molecule has 1 heterocycles. The number of amides is 1. The molecule has 2 N–H and O–H groups in total. The minimum absolute atomic E-state index is 0.0985. The van der Waals surface area contributed by atoms with E-state index in [1.54, 1.807) is 37.4 Å². The van der Waals surface area contributed by atoms with Gasteiger partial charge in [0.15, 0.2) is 0 Å². The van der Waals surface area contributed by atoms with E-state index in [1.165, 1.54) is 0 Å². The van der Waals surface area contributed by atoms with E-state index in [2.05, 4.69) is 10.3 Å². The zero-order chi connectivity index (χ0) is 23.3. The van der Waals surface area contributed by atoms with Gasteiger partial charge in [-0.25, -0.2) is 13.8 Å². The first-order valence-electron chi connectivity index (χ1n) is 10.5. The number of halogens is 2. The zero-order valence-corrected chi connectivity index (χ0v) is 18.0. The van der Waals surface area contributed by atoms with E-state index in [0.29, 0.717) is 18.9 Å². The number of aliphatic carboxylic acids is 1. The normalized spacial score (nSPS) is 11.8. The Bertz CT molecular complexity index is 835. The number of nitrogens with zero attached hydrogens (tertiary/aromatic N) is 2. The fourth-order valence-corrected chi connectivity index (χ4v) is 3.21. The Balaban J connectivity index is 1.85. The summed E-state index contributed by atoms with van der Waals surface area (Å²) >= 11 is 0. The van der Waals surface area contributed by atoms with Crippen LogP contribution < -0.4 is 10.1 Å². The summed E-state index contributed by atoms with van der Waals surface area (Å²) in [6, 6.07) is 12.7. The number of carboxylic acids is 1. The van der Waals surface area contributed by atoms with Crippen molar-refractivity contribution >= 4 is 17.7 Å². The number of aromatic nitrogens is 1. The summed E-state index contributed by atoms with van der Waals surface area (Å²) in [5.74, 6) is -1.17. The lowest BCUT2D eigenvalue weighted by molar-refractivity contribution is -0.145. The van der Waals surface area contributed by atoms with Crippen molar-refractivity contribution in [1.29, 1.82) is 0 Å². The highest BCUT2D eigenvalue weighted by Crippen LogP contribution is 2.19. The number of alkyl halides is 2. The molecule has 174 valence electrons. The average Bonchev–Trinajstić information content (AvgIpc) is 2.77. The van der Waals surface area contributed by atoms with Gasteiger partial charge in [0.1, 0.15) is 11.6 Å². The van der Waals surface area contributed by atoms with Gasteiger partial charge in [0.05, 0.1) is 25.5 Å². The van der Waals surface area contributed by atoms with Crippen LogP contribution in [0.1, 0.15) is 25.3 Å². The van der Waals surface area contributed by atoms with Crippen LogP contribution >= 0.6 is 0 Å². The lowest BCUT2D eigenvalue weighted by Gasteiger charge is -2.25. The third kappa shape index (κ3) is 8.87. The van der Waals surface area contributed by atoms with Crippen LogP contribution in [0.5, 0.6) is 5.75 Å². The molecule has 7 nitrogen and oxygen atoms in total. The molecule has 0 fully saturated rings. The van der Waals surface area contributed by atoms with Crippen molar-refractivity contribution in [3.8, 4) is 5.75 Å². The van der Waals surface area contributed by atoms with Crippen molar-refractivity contribution in [2.24, 2.45) is 5.92 Å². The van der Waals surface area contributed by atoms with E-state index in [0.717, 1.165) is 22.7 Å². The van der Waals surface area contributed by atoms with Crippen LogP contribution in [0.3, 0.4) is 0 Å². The molecule has 2 aromatic rings. The first-order valence-corrected chi connectivity index (χ1v) is 10.5. The molecular formula is C23H29F2N3O4. The lowest BCUT2D eigenvalue weighted by atomic mass is 9.94. The minimum Gasteiger partial charge on any atom is -0.494 e. The van der Waals surface area contributed by atoms with Gasteiger partial charge in [0, 0.05) is 19.3 Å². The summed E-state index contributed by atoms with van der Waals surface area (Å²) in [6.45, 7) is 2.20. The molecule has 0 spiro atoms. The molecule has 0 radical (unpaired) electrons. The van der Waals surface area contributed by atoms with Crippen LogP contribution in [0, 0.1) is 5.92 Å². The number of hydrogen-bond acceptors (Lipinski definition) is 5. The van der Waals surface area contributed by atoms with Gasteiger partial charge >= 0.3 is 5.97 Å². The molecule has 0 unspecified atom stereocenters. The molecule has 1 atom stereocenters. The standard InChI is InChI=1S/C23H29F2N3O4/c1-2-28(16-20(24)25)23(31)18(15-22(29)30)14-17-7-9-19(10-8-17)32-13-5-12-27-21-6-3-4-11-26-21/h3-4,6-11,18,20H,2,5,12-16H2,1H3,(H,26,27)(H,29,30)/t18-/m0/s1. The van der Waals surface area contributed by atoms with Gasteiger partial charge in [-0.3, -0.25) is 9.59 Å². The van der Waals surface area contributed by atoms with E-state index < -0.39 is 37.2 Å². The number of pyridine rings is 1. The molecule has 0 aliphatic rings. The molecule has 2 rings (SSSR count). The molecule has 1 amide bonds. The van der Waals surface area contributed by atoms with E-state index in [9.17, 15) is 18.4 Å². The second-order valence-electron chi connectivity index (χ2n) is 7.25. The number of hydrogen-bond donors (Lipinski definition) is 2. The van der Waals surface area contributed by atoms with Crippen LogP contribution in [0.2, 0.25) is 0 Å². The lowest BCUT2D eigenvalue weighted by Crippen LogP contribution is -2.40. The SMILES string of the molecule is CCN(CC(F)F)C(=O)[C@H](CC(=O)O)Cc1ccc(OCCCNc2ccccn2)cc1. The summed E-state index contributed by atoms with van der Waals surface area (Å²) in [7, 11) is 0. The Morgan fingerprint density at radius 2 is 1.94 bits per heavy atom. The van der Waals surface area contributed by atoms with Gasteiger partial charge in [-0.05, 0) is 49.6 Å². The van der Waals surface area contributed by atoms with Crippen LogP contribution in [0.25, 0.3) is 0 Å². The summed E-state index contributed by atoms with van der Waals surface area (Å²) in [5, 5.41) is 12.3. The van der Waals surface area contributed by atoms with E-state index in [1.807, 2.05) is 18.2 Å². The number of ether oxygens (including phenoxy) is 1. The average molecular weight is 449 g/mol. The van der Waals surface area contributed by atoms with Gasteiger partial charge in [-0.2, -0.15) is 0 Å². The molecule has 0 aliphatic carbocycles. The smallest absolute Gasteiger partial charge is 0.304 e. The number of carboxylic acid groups (broad SMARTS) is 1.